The van der Waals surface area contributed by atoms with Crippen molar-refractivity contribution in [2.24, 2.45) is 0 Å². The Bertz CT molecular complexity index is 342. The van der Waals surface area contributed by atoms with Gasteiger partial charge < -0.3 is 4.74 Å². The zero-order valence-electron chi connectivity index (χ0n) is 7.29. The van der Waals surface area contributed by atoms with E-state index in [2.05, 4.69) is 11.1 Å². The van der Waals surface area contributed by atoms with Crippen LogP contribution in [0.4, 0.5) is 0 Å². The average Bonchev–Trinajstić information content (AvgIpc) is 2.04. The zero-order chi connectivity index (χ0) is 8.55. The lowest BCUT2D eigenvalue weighted by atomic mass is 10.1. The van der Waals surface area contributed by atoms with Gasteiger partial charge in [-0.1, -0.05) is 6.08 Å². The summed E-state index contributed by atoms with van der Waals surface area (Å²) in [6.07, 6.45) is 4.10. The van der Waals surface area contributed by atoms with Crippen LogP contribution < -0.4 is 4.74 Å². The van der Waals surface area contributed by atoms with E-state index in [-0.39, 0.29) is 0 Å². The van der Waals surface area contributed by atoms with Crippen LogP contribution in [0.1, 0.15) is 17.0 Å². The van der Waals surface area contributed by atoms with Crippen LogP contribution in [0.15, 0.2) is 12.1 Å². The van der Waals surface area contributed by atoms with Gasteiger partial charge in [-0.3, -0.25) is 4.98 Å². The first-order valence-electron chi connectivity index (χ1n) is 4.05. The van der Waals surface area contributed by atoms with E-state index in [0.29, 0.717) is 6.61 Å². The van der Waals surface area contributed by atoms with Gasteiger partial charge in [0.2, 0.25) is 0 Å². The minimum absolute atomic E-state index is 0.665. The third-order valence-corrected chi connectivity index (χ3v) is 1.92. The molecule has 0 bridgehead atoms. The molecule has 12 heavy (non-hydrogen) atoms. The highest BCUT2D eigenvalue weighted by molar-refractivity contribution is 5.60. The van der Waals surface area contributed by atoms with Crippen molar-refractivity contribution < 1.29 is 4.74 Å². The molecule has 2 heterocycles. The van der Waals surface area contributed by atoms with Crippen LogP contribution in [0, 0.1) is 13.8 Å². The predicted molar refractivity (Wildman–Crippen MR) is 48.2 cm³/mol. The van der Waals surface area contributed by atoms with Crippen LogP contribution in [-0.2, 0) is 0 Å². The molecule has 0 N–H and O–H groups in total. The summed E-state index contributed by atoms with van der Waals surface area (Å²) in [6.45, 7) is 4.64. The van der Waals surface area contributed by atoms with Gasteiger partial charge in [0.25, 0.3) is 0 Å². The van der Waals surface area contributed by atoms with Gasteiger partial charge in [-0.25, -0.2) is 0 Å². The molecule has 0 saturated carbocycles. The van der Waals surface area contributed by atoms with E-state index in [0.717, 1.165) is 22.7 Å². The van der Waals surface area contributed by atoms with E-state index >= 15 is 0 Å². The summed E-state index contributed by atoms with van der Waals surface area (Å²) >= 11 is 0. The number of aryl methyl sites for hydroxylation is 2. The summed E-state index contributed by atoms with van der Waals surface area (Å²) in [5, 5.41) is 0. The largest absolute Gasteiger partial charge is 0.487 e. The van der Waals surface area contributed by atoms with Crippen LogP contribution in [0.5, 0.6) is 5.75 Å². The molecule has 2 rings (SSSR count). The number of hydrogen-bond donors (Lipinski definition) is 0. The Morgan fingerprint density at radius 3 is 3.08 bits per heavy atom. The molecule has 0 fully saturated rings. The first-order chi connectivity index (χ1) is 5.77. The highest BCUT2D eigenvalue weighted by Crippen LogP contribution is 2.26. The second-order valence-electron chi connectivity index (χ2n) is 2.98. The van der Waals surface area contributed by atoms with Crippen LogP contribution >= 0.6 is 0 Å². The highest BCUT2D eigenvalue weighted by atomic mass is 16.5. The SMILES string of the molecule is Cc1cc2c(c(C)n1)OCC=C2. The number of aromatic nitrogens is 1. The molecule has 0 aliphatic carbocycles. The van der Waals surface area contributed by atoms with Crippen LogP contribution in [0.2, 0.25) is 0 Å². The molecule has 1 aromatic rings. The average molecular weight is 161 g/mol. The highest BCUT2D eigenvalue weighted by Gasteiger charge is 2.09. The molecule has 1 aromatic heterocycles. The number of nitrogens with zero attached hydrogens (tertiary/aromatic N) is 1. The predicted octanol–water partition coefficient (Wildman–Crippen LogP) is 2.10. The Morgan fingerprint density at radius 2 is 2.25 bits per heavy atom. The normalized spacial score (nSPS) is 13.8. The maximum Gasteiger partial charge on any atom is 0.148 e. The topological polar surface area (TPSA) is 22.1 Å². The Hall–Kier alpha value is -1.31. The van der Waals surface area contributed by atoms with Crippen molar-refractivity contribution >= 4 is 6.08 Å². The molecule has 62 valence electrons. The van der Waals surface area contributed by atoms with Gasteiger partial charge in [0, 0.05) is 11.3 Å². The van der Waals surface area contributed by atoms with Crippen molar-refractivity contribution in [2.75, 3.05) is 6.61 Å². The van der Waals surface area contributed by atoms with Crippen molar-refractivity contribution in [1.29, 1.82) is 0 Å². The third kappa shape index (κ3) is 1.09. The molecule has 1 aliphatic heterocycles. The summed E-state index contributed by atoms with van der Waals surface area (Å²) in [6, 6.07) is 2.04. The van der Waals surface area contributed by atoms with Gasteiger partial charge >= 0.3 is 0 Å². The molecule has 0 atom stereocenters. The van der Waals surface area contributed by atoms with E-state index in [1.165, 1.54) is 0 Å². The lowest BCUT2D eigenvalue weighted by molar-refractivity contribution is 0.354. The van der Waals surface area contributed by atoms with Crippen LogP contribution in [0.3, 0.4) is 0 Å². The van der Waals surface area contributed by atoms with Crippen LogP contribution in [0.25, 0.3) is 6.08 Å². The standard InChI is InChI=1S/C10H11NO/c1-7-6-9-4-3-5-12-10(9)8(2)11-7/h3-4,6H,5H2,1-2H3. The number of pyridine rings is 1. The van der Waals surface area contributed by atoms with Crippen molar-refractivity contribution in [3.8, 4) is 5.75 Å². The van der Waals surface area contributed by atoms with Gasteiger partial charge in [-0.2, -0.15) is 0 Å². The molecule has 0 saturated heterocycles. The van der Waals surface area contributed by atoms with Gasteiger partial charge in [0.1, 0.15) is 12.4 Å². The second kappa shape index (κ2) is 2.63. The van der Waals surface area contributed by atoms with Gasteiger partial charge in [-0.15, -0.1) is 0 Å². The van der Waals surface area contributed by atoms with E-state index in [9.17, 15) is 0 Å². The van der Waals surface area contributed by atoms with E-state index in [1.807, 2.05) is 26.0 Å². The molecular weight excluding hydrogens is 150 g/mol. The van der Waals surface area contributed by atoms with Crippen molar-refractivity contribution in [1.82, 2.24) is 4.98 Å². The van der Waals surface area contributed by atoms with Gasteiger partial charge in [0.05, 0.1) is 5.69 Å². The Morgan fingerprint density at radius 1 is 1.42 bits per heavy atom. The molecule has 2 nitrogen and oxygen atoms in total. The van der Waals surface area contributed by atoms with Crippen molar-refractivity contribution in [3.05, 3.63) is 29.1 Å². The van der Waals surface area contributed by atoms with E-state index in [1.54, 1.807) is 0 Å². The lowest BCUT2D eigenvalue weighted by Gasteiger charge is -2.14. The molecule has 2 heteroatoms. The Kier molecular flexibility index (Phi) is 1.61. The summed E-state index contributed by atoms with van der Waals surface area (Å²) in [5.41, 5.74) is 3.17. The zero-order valence-corrected chi connectivity index (χ0v) is 7.29. The first kappa shape index (κ1) is 7.35. The molecule has 0 aromatic carbocycles. The molecule has 1 aliphatic rings. The fourth-order valence-electron chi connectivity index (χ4n) is 1.47. The maximum atomic E-state index is 5.46. The Balaban J connectivity index is 2.62. The summed E-state index contributed by atoms with van der Waals surface area (Å²) in [4.78, 5) is 4.33. The molecule has 0 radical (unpaired) electrons. The number of rotatable bonds is 0. The maximum absolute atomic E-state index is 5.46. The minimum Gasteiger partial charge on any atom is -0.487 e. The summed E-state index contributed by atoms with van der Waals surface area (Å²) in [7, 11) is 0. The fourth-order valence-corrected chi connectivity index (χ4v) is 1.47. The summed E-state index contributed by atoms with van der Waals surface area (Å²) < 4.78 is 5.46. The van der Waals surface area contributed by atoms with Crippen molar-refractivity contribution in [2.45, 2.75) is 13.8 Å². The fraction of sp³-hybridized carbons (Fsp3) is 0.300. The van der Waals surface area contributed by atoms with E-state index in [4.69, 9.17) is 4.74 Å². The van der Waals surface area contributed by atoms with Crippen molar-refractivity contribution in [3.63, 3.8) is 0 Å². The smallest absolute Gasteiger partial charge is 0.148 e. The number of ether oxygens (including phenoxy) is 1. The van der Waals surface area contributed by atoms with Gasteiger partial charge in [0.15, 0.2) is 0 Å². The van der Waals surface area contributed by atoms with Gasteiger partial charge in [-0.05, 0) is 26.0 Å². The lowest BCUT2D eigenvalue weighted by Crippen LogP contribution is -2.04. The number of fused-ring (bicyclic) bond motifs is 1. The van der Waals surface area contributed by atoms with E-state index < -0.39 is 0 Å². The second-order valence-corrected chi connectivity index (χ2v) is 2.98. The minimum atomic E-state index is 0.665. The first-order valence-corrected chi connectivity index (χ1v) is 4.05. The third-order valence-electron chi connectivity index (χ3n) is 1.92. The molecule has 0 amide bonds. The Labute approximate surface area is 71.9 Å². The molecule has 0 unspecified atom stereocenters. The molecular formula is C10H11NO. The van der Waals surface area contributed by atoms with Crippen LogP contribution in [-0.4, -0.2) is 11.6 Å². The quantitative estimate of drug-likeness (QED) is 0.581. The monoisotopic (exact) mass is 161 g/mol. The summed E-state index contributed by atoms with van der Waals surface area (Å²) in [5.74, 6) is 0.933. The molecule has 0 spiro atoms. The number of hydrogen-bond acceptors (Lipinski definition) is 2.